The van der Waals surface area contributed by atoms with Crippen LogP contribution >= 0.6 is 0 Å². The van der Waals surface area contributed by atoms with Crippen LogP contribution in [0.5, 0.6) is 0 Å². The molecule has 2 rings (SSSR count). The van der Waals surface area contributed by atoms with E-state index in [1.807, 2.05) is 20.2 Å². The summed E-state index contributed by atoms with van der Waals surface area (Å²) in [6.07, 6.45) is 0.805. The van der Waals surface area contributed by atoms with Crippen LogP contribution in [0.25, 0.3) is 0 Å². The van der Waals surface area contributed by atoms with Crippen LogP contribution in [0.4, 0.5) is 10.1 Å². The number of hydrogen-bond acceptors (Lipinski definition) is 2. The number of anilines is 1. The molecule has 0 spiro atoms. The number of nitrogens with one attached hydrogen (secondary N) is 1. The first-order valence-corrected chi connectivity index (χ1v) is 4.89. The molecule has 1 atom stereocenters. The van der Waals surface area contributed by atoms with Crippen molar-refractivity contribution in [2.24, 2.45) is 0 Å². The number of halogens is 1. The first-order valence-electron chi connectivity index (χ1n) is 4.89. The number of fused-ring (bicyclic) bond motifs is 1. The van der Waals surface area contributed by atoms with Crippen LogP contribution in [0.1, 0.15) is 5.56 Å². The maximum absolute atomic E-state index is 13.4. The fourth-order valence-corrected chi connectivity index (χ4v) is 2.09. The molecule has 0 aromatic heterocycles. The van der Waals surface area contributed by atoms with Crippen LogP contribution in [-0.2, 0) is 6.42 Å². The van der Waals surface area contributed by atoms with Gasteiger partial charge in [-0.25, -0.2) is 4.39 Å². The number of nitrogens with zero attached hydrogens (tertiary/aromatic N) is 1. The lowest BCUT2D eigenvalue weighted by molar-refractivity contribution is 0.586. The molecule has 0 saturated carbocycles. The van der Waals surface area contributed by atoms with Crippen LogP contribution in [-0.4, -0.2) is 26.7 Å². The van der Waals surface area contributed by atoms with Crippen LogP contribution in [0.15, 0.2) is 18.2 Å². The summed E-state index contributed by atoms with van der Waals surface area (Å²) in [6, 6.07) is 5.67. The Morgan fingerprint density at radius 3 is 3.00 bits per heavy atom. The van der Waals surface area contributed by atoms with Gasteiger partial charge in [-0.2, -0.15) is 0 Å². The van der Waals surface area contributed by atoms with Gasteiger partial charge in [0.1, 0.15) is 5.82 Å². The molecule has 3 heteroatoms. The molecule has 0 radical (unpaired) electrons. The summed E-state index contributed by atoms with van der Waals surface area (Å²) >= 11 is 0. The first-order chi connectivity index (χ1) is 6.74. The van der Waals surface area contributed by atoms with Crippen molar-refractivity contribution < 1.29 is 4.39 Å². The molecule has 0 fully saturated rings. The Kier molecular flexibility index (Phi) is 2.42. The van der Waals surface area contributed by atoms with Crippen molar-refractivity contribution in [3.63, 3.8) is 0 Å². The minimum absolute atomic E-state index is 0.0760. The lowest BCUT2D eigenvalue weighted by Crippen LogP contribution is -2.36. The molecular weight excluding hydrogens is 179 g/mol. The third-order valence-corrected chi connectivity index (χ3v) is 2.90. The number of hydrogen-bond donors (Lipinski definition) is 1. The van der Waals surface area contributed by atoms with E-state index in [9.17, 15) is 4.39 Å². The van der Waals surface area contributed by atoms with E-state index in [2.05, 4.69) is 10.2 Å². The molecule has 1 N–H and O–H groups in total. The number of rotatable bonds is 2. The molecule has 1 aromatic rings. The Morgan fingerprint density at radius 2 is 2.36 bits per heavy atom. The van der Waals surface area contributed by atoms with Gasteiger partial charge in [0.15, 0.2) is 0 Å². The van der Waals surface area contributed by atoms with Crippen molar-refractivity contribution in [1.82, 2.24) is 5.32 Å². The zero-order chi connectivity index (χ0) is 10.1. The van der Waals surface area contributed by atoms with Crippen LogP contribution in [0, 0.1) is 5.82 Å². The fraction of sp³-hybridized carbons (Fsp3) is 0.455. The molecule has 76 valence electrons. The topological polar surface area (TPSA) is 15.3 Å². The van der Waals surface area contributed by atoms with Crippen molar-refractivity contribution in [1.29, 1.82) is 0 Å². The summed E-state index contributed by atoms with van der Waals surface area (Å²) in [4.78, 5) is 2.15. The van der Waals surface area contributed by atoms with Gasteiger partial charge in [-0.3, -0.25) is 0 Å². The lowest BCUT2D eigenvalue weighted by atomic mass is 10.1. The maximum Gasteiger partial charge on any atom is 0.128 e. The van der Waals surface area contributed by atoms with Crippen molar-refractivity contribution in [3.05, 3.63) is 29.6 Å². The van der Waals surface area contributed by atoms with E-state index in [1.54, 1.807) is 6.07 Å². The van der Waals surface area contributed by atoms with Crippen molar-refractivity contribution >= 4 is 5.69 Å². The van der Waals surface area contributed by atoms with Gasteiger partial charge in [0.05, 0.1) is 0 Å². The normalized spacial score (nSPS) is 19.9. The minimum atomic E-state index is -0.0760. The van der Waals surface area contributed by atoms with Crippen LogP contribution < -0.4 is 10.2 Å². The average Bonchev–Trinajstić information content (AvgIpc) is 2.48. The third-order valence-electron chi connectivity index (χ3n) is 2.90. The van der Waals surface area contributed by atoms with Gasteiger partial charge in [-0.05, 0) is 25.6 Å². The molecule has 0 amide bonds. The Hall–Kier alpha value is -1.09. The molecular formula is C11H15FN2. The number of benzene rings is 1. The molecule has 1 aromatic carbocycles. The maximum atomic E-state index is 13.4. The first kappa shape index (κ1) is 9.46. The van der Waals surface area contributed by atoms with Gasteiger partial charge in [-0.1, -0.05) is 6.07 Å². The third kappa shape index (κ3) is 1.38. The van der Waals surface area contributed by atoms with Crippen LogP contribution in [0.2, 0.25) is 0 Å². The van der Waals surface area contributed by atoms with Gasteiger partial charge in [0, 0.05) is 30.9 Å². The Morgan fingerprint density at radius 1 is 1.57 bits per heavy atom. The van der Waals surface area contributed by atoms with Crippen molar-refractivity contribution in [3.8, 4) is 0 Å². The van der Waals surface area contributed by atoms with Gasteiger partial charge >= 0.3 is 0 Å². The monoisotopic (exact) mass is 194 g/mol. The summed E-state index contributed by atoms with van der Waals surface area (Å²) in [6.45, 7) is 0.893. The highest BCUT2D eigenvalue weighted by Crippen LogP contribution is 2.32. The molecule has 0 saturated heterocycles. The second-order valence-electron chi connectivity index (χ2n) is 3.76. The van der Waals surface area contributed by atoms with E-state index in [0.29, 0.717) is 6.04 Å². The molecule has 1 heterocycles. The molecule has 14 heavy (non-hydrogen) atoms. The quantitative estimate of drug-likeness (QED) is 0.765. The molecule has 1 aliphatic heterocycles. The SMILES string of the molecule is CNCC1Cc2c(F)cccc2N1C. The van der Waals surface area contributed by atoms with Crippen molar-refractivity contribution in [2.45, 2.75) is 12.5 Å². The minimum Gasteiger partial charge on any atom is -0.370 e. The molecule has 2 nitrogen and oxygen atoms in total. The summed E-state index contributed by atoms with van der Waals surface area (Å²) in [5.74, 6) is -0.0760. The standard InChI is InChI=1S/C11H15FN2/c1-13-7-8-6-9-10(12)4-3-5-11(9)14(8)2/h3-5,8,13H,6-7H2,1-2H3. The zero-order valence-corrected chi connectivity index (χ0v) is 8.55. The highest BCUT2D eigenvalue weighted by atomic mass is 19.1. The molecule has 0 aliphatic carbocycles. The fourth-order valence-electron chi connectivity index (χ4n) is 2.09. The largest absolute Gasteiger partial charge is 0.370 e. The molecule has 1 aliphatic rings. The van der Waals surface area contributed by atoms with E-state index in [1.165, 1.54) is 6.07 Å². The van der Waals surface area contributed by atoms with Crippen LogP contribution in [0.3, 0.4) is 0 Å². The van der Waals surface area contributed by atoms with E-state index >= 15 is 0 Å². The summed E-state index contributed by atoms with van der Waals surface area (Å²) < 4.78 is 13.4. The average molecular weight is 194 g/mol. The van der Waals surface area contributed by atoms with E-state index < -0.39 is 0 Å². The van der Waals surface area contributed by atoms with Gasteiger partial charge in [-0.15, -0.1) is 0 Å². The van der Waals surface area contributed by atoms with Crippen molar-refractivity contribution in [2.75, 3.05) is 25.5 Å². The highest BCUT2D eigenvalue weighted by Gasteiger charge is 2.27. The van der Waals surface area contributed by atoms with E-state index in [0.717, 1.165) is 24.2 Å². The lowest BCUT2D eigenvalue weighted by Gasteiger charge is -2.21. The van der Waals surface area contributed by atoms with Gasteiger partial charge in [0.2, 0.25) is 0 Å². The van der Waals surface area contributed by atoms with E-state index in [-0.39, 0.29) is 5.82 Å². The summed E-state index contributed by atoms with van der Waals surface area (Å²) in [7, 11) is 3.94. The zero-order valence-electron chi connectivity index (χ0n) is 8.55. The Bertz CT molecular complexity index is 338. The van der Waals surface area contributed by atoms with E-state index in [4.69, 9.17) is 0 Å². The number of likely N-dealkylation sites (N-methyl/N-ethyl adjacent to an activating group) is 2. The second kappa shape index (κ2) is 3.58. The molecule has 0 bridgehead atoms. The summed E-state index contributed by atoms with van der Waals surface area (Å²) in [5, 5.41) is 3.13. The van der Waals surface area contributed by atoms with Gasteiger partial charge < -0.3 is 10.2 Å². The predicted octanol–water partition coefficient (Wildman–Crippen LogP) is 1.41. The smallest absolute Gasteiger partial charge is 0.128 e. The molecule has 1 unspecified atom stereocenters. The predicted molar refractivity (Wildman–Crippen MR) is 56.2 cm³/mol. The summed E-state index contributed by atoms with van der Waals surface area (Å²) in [5.41, 5.74) is 1.89. The Balaban J connectivity index is 2.30. The highest BCUT2D eigenvalue weighted by molar-refractivity contribution is 5.59. The van der Waals surface area contributed by atoms with Gasteiger partial charge in [0.25, 0.3) is 0 Å². The second-order valence-corrected chi connectivity index (χ2v) is 3.76. The Labute approximate surface area is 83.7 Å².